The van der Waals surface area contributed by atoms with E-state index in [9.17, 15) is 4.79 Å². The number of carbonyl (C=O) groups is 1. The fraction of sp³-hybridized carbons (Fsp3) is 0.500. The third kappa shape index (κ3) is 2.55. The van der Waals surface area contributed by atoms with Gasteiger partial charge in [0.2, 0.25) is 0 Å². The predicted octanol–water partition coefficient (Wildman–Crippen LogP) is -0.171. The van der Waals surface area contributed by atoms with Gasteiger partial charge in [-0.2, -0.15) is 5.10 Å². The Hall–Kier alpha value is -1.36. The molecule has 0 radical (unpaired) electrons. The molecule has 0 aromatic carbocycles. The predicted molar refractivity (Wildman–Crippen MR) is 47.3 cm³/mol. The van der Waals surface area contributed by atoms with E-state index in [-0.39, 0.29) is 12.5 Å². The molecule has 3 N–H and O–H groups in total. The number of carbonyl (C=O) groups excluding carboxylic acids is 1. The number of aromatic nitrogens is 2. The lowest BCUT2D eigenvalue weighted by atomic mass is 10.2. The quantitative estimate of drug-likeness (QED) is 0.608. The Bertz CT molecular complexity index is 293. The second-order valence-electron chi connectivity index (χ2n) is 2.99. The van der Waals surface area contributed by atoms with Crippen LogP contribution < -0.4 is 5.32 Å². The number of aryl methyl sites for hydroxylation is 1. The van der Waals surface area contributed by atoms with Crippen molar-refractivity contribution < 1.29 is 9.90 Å². The molecule has 1 aromatic rings. The molecule has 0 saturated carbocycles. The molecule has 5 nitrogen and oxygen atoms in total. The van der Waals surface area contributed by atoms with Gasteiger partial charge in [0, 0.05) is 6.54 Å². The minimum absolute atomic E-state index is 0.240. The monoisotopic (exact) mass is 183 g/mol. The smallest absolute Gasteiger partial charge is 0.269 e. The molecule has 0 aliphatic rings. The Balaban J connectivity index is 2.54. The maximum absolute atomic E-state index is 11.3. The van der Waals surface area contributed by atoms with Crippen LogP contribution in [0.15, 0.2) is 6.20 Å². The van der Waals surface area contributed by atoms with Crippen LogP contribution in [0.1, 0.15) is 23.0 Å². The summed E-state index contributed by atoms with van der Waals surface area (Å²) in [7, 11) is 0. The number of hydrogen-bond donors (Lipinski definition) is 3. The number of aromatic amines is 1. The van der Waals surface area contributed by atoms with Crippen molar-refractivity contribution >= 4 is 5.91 Å². The van der Waals surface area contributed by atoms with Crippen LogP contribution in [0.2, 0.25) is 0 Å². The lowest BCUT2D eigenvalue weighted by molar-refractivity contribution is 0.0918. The summed E-state index contributed by atoms with van der Waals surface area (Å²) in [4.78, 5) is 11.3. The minimum Gasteiger partial charge on any atom is -0.392 e. The van der Waals surface area contributed by atoms with Gasteiger partial charge in [0.1, 0.15) is 5.69 Å². The van der Waals surface area contributed by atoms with Gasteiger partial charge >= 0.3 is 0 Å². The van der Waals surface area contributed by atoms with E-state index in [4.69, 9.17) is 5.11 Å². The van der Waals surface area contributed by atoms with E-state index in [1.807, 2.05) is 0 Å². The number of aliphatic hydroxyl groups is 1. The molecule has 1 heterocycles. The third-order valence-corrected chi connectivity index (χ3v) is 1.61. The number of hydrogen-bond acceptors (Lipinski definition) is 3. The van der Waals surface area contributed by atoms with Gasteiger partial charge in [0.05, 0.1) is 12.3 Å². The van der Waals surface area contributed by atoms with Gasteiger partial charge in [-0.15, -0.1) is 0 Å². The number of H-pyrrole nitrogens is 1. The molecular weight excluding hydrogens is 170 g/mol. The summed E-state index contributed by atoms with van der Waals surface area (Å²) in [5.74, 6) is -0.240. The Labute approximate surface area is 76.2 Å². The number of nitrogens with zero attached hydrogens (tertiary/aromatic N) is 1. The number of rotatable bonds is 3. The normalized spacial score (nSPS) is 12.5. The highest BCUT2D eigenvalue weighted by molar-refractivity contribution is 5.93. The highest BCUT2D eigenvalue weighted by Crippen LogP contribution is 2.00. The molecule has 72 valence electrons. The van der Waals surface area contributed by atoms with Crippen molar-refractivity contribution in [2.75, 3.05) is 6.54 Å². The number of nitrogens with one attached hydrogen (secondary N) is 2. The SMILES string of the molecule is Cc1cn[nH]c1C(=O)NC[C@@H](C)O. The first kappa shape index (κ1) is 9.73. The summed E-state index contributed by atoms with van der Waals surface area (Å²) < 4.78 is 0. The van der Waals surface area contributed by atoms with Crippen molar-refractivity contribution in [3.05, 3.63) is 17.5 Å². The molecule has 0 spiro atoms. The zero-order chi connectivity index (χ0) is 9.84. The Morgan fingerprint density at radius 1 is 1.85 bits per heavy atom. The van der Waals surface area contributed by atoms with Crippen LogP contribution in [0.3, 0.4) is 0 Å². The standard InChI is InChI=1S/C8H13N3O2/c1-5-3-10-11-7(5)8(13)9-4-6(2)12/h3,6,12H,4H2,1-2H3,(H,9,13)(H,10,11)/t6-/m1/s1. The van der Waals surface area contributed by atoms with E-state index >= 15 is 0 Å². The topological polar surface area (TPSA) is 78.0 Å². The average Bonchev–Trinajstić information content (AvgIpc) is 2.47. The molecule has 0 unspecified atom stereocenters. The zero-order valence-corrected chi connectivity index (χ0v) is 7.66. The first-order chi connectivity index (χ1) is 6.11. The molecule has 5 heteroatoms. The fourth-order valence-corrected chi connectivity index (χ4v) is 0.905. The van der Waals surface area contributed by atoms with E-state index < -0.39 is 6.10 Å². The molecule has 0 bridgehead atoms. The van der Waals surface area contributed by atoms with E-state index in [1.165, 1.54) is 0 Å². The van der Waals surface area contributed by atoms with Gasteiger partial charge < -0.3 is 10.4 Å². The number of aliphatic hydroxyl groups excluding tert-OH is 1. The van der Waals surface area contributed by atoms with Gasteiger partial charge in [-0.3, -0.25) is 9.89 Å². The van der Waals surface area contributed by atoms with Gasteiger partial charge in [-0.05, 0) is 19.4 Å². The van der Waals surface area contributed by atoms with Crippen molar-refractivity contribution in [1.29, 1.82) is 0 Å². The molecule has 1 amide bonds. The van der Waals surface area contributed by atoms with Crippen LogP contribution in [0.5, 0.6) is 0 Å². The van der Waals surface area contributed by atoms with E-state index in [1.54, 1.807) is 20.0 Å². The molecular formula is C8H13N3O2. The van der Waals surface area contributed by atoms with Crippen LogP contribution >= 0.6 is 0 Å². The summed E-state index contributed by atoms with van der Waals surface area (Å²) in [5, 5.41) is 17.8. The second-order valence-corrected chi connectivity index (χ2v) is 2.99. The Morgan fingerprint density at radius 2 is 2.54 bits per heavy atom. The largest absolute Gasteiger partial charge is 0.392 e. The Kier molecular flexibility index (Phi) is 3.02. The first-order valence-electron chi connectivity index (χ1n) is 4.07. The highest BCUT2D eigenvalue weighted by Gasteiger charge is 2.10. The summed E-state index contributed by atoms with van der Waals surface area (Å²) >= 11 is 0. The highest BCUT2D eigenvalue weighted by atomic mass is 16.3. The van der Waals surface area contributed by atoms with Gasteiger partial charge in [-0.1, -0.05) is 0 Å². The molecule has 0 fully saturated rings. The van der Waals surface area contributed by atoms with Gasteiger partial charge in [-0.25, -0.2) is 0 Å². The van der Waals surface area contributed by atoms with Crippen LogP contribution in [0.25, 0.3) is 0 Å². The lowest BCUT2D eigenvalue weighted by Gasteiger charge is -2.05. The van der Waals surface area contributed by atoms with E-state index in [0.717, 1.165) is 5.56 Å². The fourth-order valence-electron chi connectivity index (χ4n) is 0.905. The number of amides is 1. The minimum atomic E-state index is -0.535. The van der Waals surface area contributed by atoms with Crippen molar-refractivity contribution in [1.82, 2.24) is 15.5 Å². The van der Waals surface area contributed by atoms with Crippen molar-refractivity contribution in [2.24, 2.45) is 0 Å². The van der Waals surface area contributed by atoms with Gasteiger partial charge in [0.25, 0.3) is 5.91 Å². The maximum atomic E-state index is 11.3. The summed E-state index contributed by atoms with van der Waals surface area (Å²) in [6, 6.07) is 0. The summed E-state index contributed by atoms with van der Waals surface area (Å²) in [6.45, 7) is 3.65. The van der Waals surface area contributed by atoms with Crippen LogP contribution in [-0.4, -0.2) is 33.9 Å². The molecule has 1 atom stereocenters. The van der Waals surface area contributed by atoms with Crippen LogP contribution in [0, 0.1) is 6.92 Å². The second kappa shape index (κ2) is 4.04. The molecule has 1 aromatic heterocycles. The van der Waals surface area contributed by atoms with Crippen molar-refractivity contribution in [3.63, 3.8) is 0 Å². The van der Waals surface area contributed by atoms with Crippen molar-refractivity contribution in [2.45, 2.75) is 20.0 Å². The molecule has 0 aliphatic carbocycles. The van der Waals surface area contributed by atoms with E-state index in [0.29, 0.717) is 5.69 Å². The van der Waals surface area contributed by atoms with Crippen LogP contribution in [-0.2, 0) is 0 Å². The van der Waals surface area contributed by atoms with Crippen molar-refractivity contribution in [3.8, 4) is 0 Å². The summed E-state index contributed by atoms with van der Waals surface area (Å²) in [5.41, 5.74) is 1.24. The zero-order valence-electron chi connectivity index (χ0n) is 7.66. The Morgan fingerprint density at radius 3 is 3.00 bits per heavy atom. The average molecular weight is 183 g/mol. The molecule has 0 saturated heterocycles. The van der Waals surface area contributed by atoms with Gasteiger partial charge in [0.15, 0.2) is 0 Å². The molecule has 1 rings (SSSR count). The lowest BCUT2D eigenvalue weighted by Crippen LogP contribution is -2.31. The molecule has 13 heavy (non-hydrogen) atoms. The molecule has 0 aliphatic heterocycles. The first-order valence-corrected chi connectivity index (χ1v) is 4.07. The third-order valence-electron chi connectivity index (χ3n) is 1.61. The van der Waals surface area contributed by atoms with E-state index in [2.05, 4.69) is 15.5 Å². The summed E-state index contributed by atoms with van der Waals surface area (Å²) in [6.07, 6.45) is 1.05. The maximum Gasteiger partial charge on any atom is 0.269 e. The van der Waals surface area contributed by atoms with Crippen LogP contribution in [0.4, 0.5) is 0 Å².